The molecule has 5 rings (SSSR count). The summed E-state index contributed by atoms with van der Waals surface area (Å²) in [6.45, 7) is 0. The number of imide groups is 1. The second-order valence-electron chi connectivity index (χ2n) is 8.16. The molecule has 0 radical (unpaired) electrons. The summed E-state index contributed by atoms with van der Waals surface area (Å²) in [5.74, 6) is -1.34. The molecule has 1 aromatic carbocycles. The van der Waals surface area contributed by atoms with Crippen LogP contribution in [0.15, 0.2) is 28.7 Å². The van der Waals surface area contributed by atoms with Crippen LogP contribution in [-0.4, -0.2) is 57.9 Å². The van der Waals surface area contributed by atoms with Crippen LogP contribution in [-0.2, 0) is 14.4 Å². The minimum Gasteiger partial charge on any atom is -0.480 e. The number of rotatable bonds is 6. The number of anilines is 1. The Balaban J connectivity index is 1.40. The van der Waals surface area contributed by atoms with E-state index in [2.05, 4.69) is 33.0 Å². The number of hydrogen-bond acceptors (Lipinski definition) is 5. The molecular formula is C20H21BrN2O4S. The number of likely N-dealkylation sites (tertiary alicyclic amines) is 1. The molecule has 28 heavy (non-hydrogen) atoms. The number of piperidine rings is 1. The molecule has 4 fully saturated rings. The number of nitrogens with zero attached hydrogens (tertiary/aromatic N) is 2. The summed E-state index contributed by atoms with van der Waals surface area (Å²) < 4.78 is 1.02. The molecule has 4 aliphatic rings. The fraction of sp³-hybridized carbons (Fsp3) is 0.550. The normalized spacial score (nSPS) is 35.9. The van der Waals surface area contributed by atoms with Crippen molar-refractivity contribution in [1.29, 1.82) is 0 Å². The zero-order chi connectivity index (χ0) is 19.7. The van der Waals surface area contributed by atoms with Crippen LogP contribution < -0.4 is 4.90 Å². The van der Waals surface area contributed by atoms with E-state index in [0.29, 0.717) is 24.3 Å². The molecule has 1 N–H and O–H groups in total. The topological polar surface area (TPSA) is 77.7 Å². The third-order valence-electron chi connectivity index (χ3n) is 7.00. The van der Waals surface area contributed by atoms with E-state index in [1.807, 2.05) is 18.4 Å². The van der Waals surface area contributed by atoms with Crippen molar-refractivity contribution in [2.24, 2.45) is 23.7 Å². The second kappa shape index (κ2) is 6.49. The molecule has 2 saturated carbocycles. The van der Waals surface area contributed by atoms with Gasteiger partial charge in [0.2, 0.25) is 11.8 Å². The molecule has 1 aromatic rings. The highest BCUT2D eigenvalue weighted by molar-refractivity contribution is 9.10. The molecule has 148 valence electrons. The van der Waals surface area contributed by atoms with Gasteiger partial charge in [0.25, 0.3) is 0 Å². The lowest BCUT2D eigenvalue weighted by Crippen LogP contribution is -2.47. The Bertz CT molecular complexity index is 828. The van der Waals surface area contributed by atoms with E-state index in [4.69, 9.17) is 0 Å². The number of fused-ring (bicyclic) bond motifs is 8. The van der Waals surface area contributed by atoms with E-state index < -0.39 is 12.0 Å². The first kappa shape index (κ1) is 18.5. The van der Waals surface area contributed by atoms with Crippen molar-refractivity contribution in [2.45, 2.75) is 31.0 Å². The standard InChI is InChI=1S/C20H21BrN2O4S/c1-28-7-6-13(20(26)27)23-18(24)14-11-8-12(15(14)19(23)25)17-16(11)22(17)10-4-2-9(21)3-5-10/h2-5,11-17H,6-8H2,1H3,(H,26,27). The number of carbonyl (C=O) groups is 3. The number of carboxylic acids is 1. The monoisotopic (exact) mass is 464 g/mol. The molecule has 2 aliphatic heterocycles. The highest BCUT2D eigenvalue weighted by Crippen LogP contribution is 2.66. The molecule has 7 unspecified atom stereocenters. The van der Waals surface area contributed by atoms with Crippen molar-refractivity contribution < 1.29 is 19.5 Å². The highest BCUT2D eigenvalue weighted by atomic mass is 79.9. The minimum absolute atomic E-state index is 0.153. The van der Waals surface area contributed by atoms with Gasteiger partial charge in [0.05, 0.1) is 23.9 Å². The molecule has 0 spiro atoms. The molecule has 2 heterocycles. The molecule has 2 saturated heterocycles. The van der Waals surface area contributed by atoms with Gasteiger partial charge in [0.15, 0.2) is 0 Å². The van der Waals surface area contributed by atoms with Crippen molar-refractivity contribution in [1.82, 2.24) is 4.90 Å². The van der Waals surface area contributed by atoms with Gasteiger partial charge < -0.3 is 10.0 Å². The molecule has 2 aliphatic carbocycles. The van der Waals surface area contributed by atoms with Crippen molar-refractivity contribution >= 4 is 51.2 Å². The Morgan fingerprint density at radius 3 is 2.25 bits per heavy atom. The lowest BCUT2D eigenvalue weighted by molar-refractivity contribution is -0.155. The number of aliphatic carboxylic acids is 1. The van der Waals surface area contributed by atoms with Crippen LogP contribution in [0, 0.1) is 23.7 Å². The van der Waals surface area contributed by atoms with Gasteiger partial charge in [-0.25, -0.2) is 4.79 Å². The molecule has 2 amide bonds. The smallest absolute Gasteiger partial charge is 0.326 e. The Hall–Kier alpha value is -1.54. The van der Waals surface area contributed by atoms with Crippen LogP contribution >= 0.6 is 27.7 Å². The maximum atomic E-state index is 13.2. The Morgan fingerprint density at radius 1 is 1.18 bits per heavy atom. The van der Waals surface area contributed by atoms with E-state index in [0.717, 1.165) is 21.5 Å². The third-order valence-corrected chi connectivity index (χ3v) is 8.17. The van der Waals surface area contributed by atoms with Gasteiger partial charge in [0, 0.05) is 10.2 Å². The minimum atomic E-state index is -1.08. The number of thioether (sulfide) groups is 1. The fourth-order valence-electron chi connectivity index (χ4n) is 5.99. The third kappa shape index (κ3) is 2.43. The van der Waals surface area contributed by atoms with Gasteiger partial charge >= 0.3 is 5.97 Å². The highest BCUT2D eigenvalue weighted by Gasteiger charge is 2.76. The summed E-state index contributed by atoms with van der Waals surface area (Å²) in [4.78, 5) is 41.5. The van der Waals surface area contributed by atoms with Crippen molar-refractivity contribution in [3.05, 3.63) is 28.7 Å². The average Bonchev–Trinajstić information content (AvgIpc) is 3.00. The fourth-order valence-corrected chi connectivity index (χ4v) is 6.72. The maximum absolute atomic E-state index is 13.2. The van der Waals surface area contributed by atoms with Crippen LogP contribution in [0.1, 0.15) is 12.8 Å². The Kier molecular flexibility index (Phi) is 4.28. The van der Waals surface area contributed by atoms with Crippen LogP contribution in [0.25, 0.3) is 0 Å². The zero-order valence-corrected chi connectivity index (χ0v) is 17.7. The van der Waals surface area contributed by atoms with Crippen LogP contribution in [0.2, 0.25) is 0 Å². The molecule has 7 atom stereocenters. The number of amides is 2. The maximum Gasteiger partial charge on any atom is 0.326 e. The lowest BCUT2D eigenvalue weighted by Gasteiger charge is -2.25. The first-order valence-electron chi connectivity index (χ1n) is 9.58. The molecular weight excluding hydrogens is 444 g/mol. The number of hydrogen-bond donors (Lipinski definition) is 1. The van der Waals surface area contributed by atoms with Gasteiger partial charge in [0.1, 0.15) is 6.04 Å². The van der Waals surface area contributed by atoms with E-state index >= 15 is 0 Å². The predicted molar refractivity (Wildman–Crippen MR) is 109 cm³/mol. The van der Waals surface area contributed by atoms with Crippen molar-refractivity contribution in [2.75, 3.05) is 16.9 Å². The molecule has 2 bridgehead atoms. The number of carboxylic acid groups (broad SMARTS) is 1. The van der Waals surface area contributed by atoms with E-state index in [1.165, 1.54) is 11.8 Å². The van der Waals surface area contributed by atoms with Crippen LogP contribution in [0.4, 0.5) is 5.69 Å². The largest absolute Gasteiger partial charge is 0.480 e. The van der Waals surface area contributed by atoms with E-state index in [-0.39, 0.29) is 35.5 Å². The van der Waals surface area contributed by atoms with Crippen molar-refractivity contribution in [3.8, 4) is 0 Å². The summed E-state index contributed by atoms with van der Waals surface area (Å²) >= 11 is 4.98. The SMILES string of the molecule is CSCCC(C(=O)O)N1C(=O)C2C3CC(C2C1=O)C1C3N1c1ccc(Br)cc1. The Morgan fingerprint density at radius 2 is 1.75 bits per heavy atom. The molecule has 6 nitrogen and oxygen atoms in total. The Labute approximate surface area is 175 Å². The number of benzene rings is 1. The lowest BCUT2D eigenvalue weighted by atomic mass is 9.81. The first-order chi connectivity index (χ1) is 13.5. The summed E-state index contributed by atoms with van der Waals surface area (Å²) in [7, 11) is 0. The summed E-state index contributed by atoms with van der Waals surface area (Å²) in [5, 5.41) is 9.61. The van der Waals surface area contributed by atoms with Crippen LogP contribution in [0.3, 0.4) is 0 Å². The number of halogens is 1. The number of carbonyl (C=O) groups excluding carboxylic acids is 2. The van der Waals surface area contributed by atoms with Gasteiger partial charge in [-0.05, 0) is 61.0 Å². The van der Waals surface area contributed by atoms with Crippen LogP contribution in [0.5, 0.6) is 0 Å². The zero-order valence-electron chi connectivity index (χ0n) is 15.3. The predicted octanol–water partition coefficient (Wildman–Crippen LogP) is 2.46. The van der Waals surface area contributed by atoms with Gasteiger partial charge in [-0.2, -0.15) is 11.8 Å². The molecule has 8 heteroatoms. The quantitative estimate of drug-likeness (QED) is 0.514. The molecule has 0 aromatic heterocycles. The van der Waals surface area contributed by atoms with Gasteiger partial charge in [-0.1, -0.05) is 15.9 Å². The van der Waals surface area contributed by atoms with E-state index in [9.17, 15) is 19.5 Å². The second-order valence-corrected chi connectivity index (χ2v) is 10.1. The summed E-state index contributed by atoms with van der Waals surface area (Å²) in [6.07, 6.45) is 3.11. The first-order valence-corrected chi connectivity index (χ1v) is 11.8. The van der Waals surface area contributed by atoms with Gasteiger partial charge in [-0.15, -0.1) is 0 Å². The average molecular weight is 465 g/mol. The van der Waals surface area contributed by atoms with E-state index in [1.54, 1.807) is 0 Å². The summed E-state index contributed by atoms with van der Waals surface area (Å²) in [5.41, 5.74) is 1.13. The summed E-state index contributed by atoms with van der Waals surface area (Å²) in [6, 6.07) is 7.72. The van der Waals surface area contributed by atoms with Gasteiger partial charge in [-0.3, -0.25) is 14.5 Å². The van der Waals surface area contributed by atoms with Crippen molar-refractivity contribution in [3.63, 3.8) is 0 Å².